The Morgan fingerprint density at radius 1 is 1.11 bits per heavy atom. The number of pyridine rings is 2. The van der Waals surface area contributed by atoms with Gasteiger partial charge in [-0.3, -0.25) is 9.78 Å². The van der Waals surface area contributed by atoms with E-state index < -0.39 is 0 Å². The molecule has 0 aliphatic carbocycles. The zero-order valence-corrected chi connectivity index (χ0v) is 14.5. The highest BCUT2D eigenvalue weighted by molar-refractivity contribution is 5.91. The smallest absolute Gasteiger partial charge is 0.289 e. The maximum atomic E-state index is 12.4. The molecule has 1 atom stereocenters. The maximum Gasteiger partial charge on any atom is 0.289 e. The quantitative estimate of drug-likeness (QED) is 0.562. The third kappa shape index (κ3) is 2.87. The predicted molar refractivity (Wildman–Crippen MR) is 98.2 cm³/mol. The van der Waals surface area contributed by atoms with Crippen molar-refractivity contribution in [3.05, 3.63) is 72.8 Å². The molecule has 7 heteroatoms. The lowest BCUT2D eigenvalue weighted by molar-refractivity contribution is 0.0759. The second-order valence-corrected chi connectivity index (χ2v) is 6.64. The summed E-state index contributed by atoms with van der Waals surface area (Å²) in [6.07, 6.45) is 7.89. The van der Waals surface area contributed by atoms with Crippen LogP contribution in [0.25, 0.3) is 16.8 Å². The SMILES string of the molecule is O=C(c1ccco1)N1CC[C@H](c2nc3ccc(-c4ccncc4)cn3n2)C1. The molecule has 0 saturated carbocycles. The van der Waals surface area contributed by atoms with Gasteiger partial charge in [0.15, 0.2) is 17.2 Å². The molecule has 1 aliphatic heterocycles. The van der Waals surface area contributed by atoms with Gasteiger partial charge in [0.2, 0.25) is 0 Å². The highest BCUT2D eigenvalue weighted by Gasteiger charge is 2.31. The van der Waals surface area contributed by atoms with Crippen molar-refractivity contribution < 1.29 is 9.21 Å². The molecule has 4 aromatic rings. The molecular formula is C20H17N5O2. The molecule has 0 radical (unpaired) electrons. The van der Waals surface area contributed by atoms with Gasteiger partial charge in [-0.15, -0.1) is 0 Å². The van der Waals surface area contributed by atoms with Gasteiger partial charge in [-0.2, -0.15) is 5.10 Å². The highest BCUT2D eigenvalue weighted by atomic mass is 16.3. The molecule has 1 fully saturated rings. The number of likely N-dealkylation sites (tertiary alicyclic amines) is 1. The molecule has 0 unspecified atom stereocenters. The van der Waals surface area contributed by atoms with Crippen molar-refractivity contribution in [2.75, 3.05) is 13.1 Å². The summed E-state index contributed by atoms with van der Waals surface area (Å²) in [6.45, 7) is 1.29. The minimum atomic E-state index is -0.0776. The minimum Gasteiger partial charge on any atom is -0.459 e. The Labute approximate surface area is 155 Å². The summed E-state index contributed by atoms with van der Waals surface area (Å²) in [6, 6.07) is 11.4. The standard InChI is InChI=1S/C20H17N5O2/c26-20(17-2-1-11-27-17)24-10-7-16(12-24)19-22-18-4-3-15(13-25(18)23-19)14-5-8-21-9-6-14/h1-6,8-9,11,13,16H,7,10,12H2/t16-/m0/s1. The number of furan rings is 1. The van der Waals surface area contributed by atoms with Crippen LogP contribution >= 0.6 is 0 Å². The largest absolute Gasteiger partial charge is 0.459 e. The summed E-state index contributed by atoms with van der Waals surface area (Å²) in [4.78, 5) is 23.0. The molecule has 4 aromatic heterocycles. The number of carbonyl (C=O) groups excluding carboxylic acids is 1. The van der Waals surface area contributed by atoms with E-state index in [1.54, 1.807) is 29.4 Å². The van der Waals surface area contributed by atoms with Crippen LogP contribution in [0.2, 0.25) is 0 Å². The Balaban J connectivity index is 1.39. The molecule has 5 rings (SSSR count). The Bertz CT molecular complexity index is 1090. The lowest BCUT2D eigenvalue weighted by Gasteiger charge is -2.13. The van der Waals surface area contributed by atoms with Gasteiger partial charge >= 0.3 is 0 Å². The Kier molecular flexibility index (Phi) is 3.71. The van der Waals surface area contributed by atoms with Gasteiger partial charge in [0, 0.05) is 43.2 Å². The molecule has 134 valence electrons. The van der Waals surface area contributed by atoms with Gasteiger partial charge in [0.05, 0.1) is 6.26 Å². The summed E-state index contributed by atoms with van der Waals surface area (Å²) in [7, 11) is 0. The lowest BCUT2D eigenvalue weighted by Crippen LogP contribution is -2.28. The molecule has 5 heterocycles. The van der Waals surface area contributed by atoms with Crippen LogP contribution in [0, 0.1) is 0 Å². The molecule has 1 aliphatic rings. The van der Waals surface area contributed by atoms with Crippen molar-refractivity contribution in [2.24, 2.45) is 0 Å². The highest BCUT2D eigenvalue weighted by Crippen LogP contribution is 2.27. The normalized spacial score (nSPS) is 16.9. The number of rotatable bonds is 3. The molecule has 0 spiro atoms. The fraction of sp³-hybridized carbons (Fsp3) is 0.200. The van der Waals surface area contributed by atoms with E-state index >= 15 is 0 Å². The summed E-state index contributed by atoms with van der Waals surface area (Å²) >= 11 is 0. The first kappa shape index (κ1) is 15.7. The summed E-state index contributed by atoms with van der Waals surface area (Å²) in [5.74, 6) is 1.21. The molecule has 1 amide bonds. The third-order valence-electron chi connectivity index (χ3n) is 4.93. The number of hydrogen-bond donors (Lipinski definition) is 0. The van der Waals surface area contributed by atoms with Crippen LogP contribution in [0.3, 0.4) is 0 Å². The van der Waals surface area contributed by atoms with E-state index in [4.69, 9.17) is 4.42 Å². The second-order valence-electron chi connectivity index (χ2n) is 6.64. The lowest BCUT2D eigenvalue weighted by atomic mass is 10.1. The topological polar surface area (TPSA) is 76.5 Å². The predicted octanol–water partition coefficient (Wildman–Crippen LogP) is 3.01. The average molecular weight is 359 g/mol. The molecule has 0 bridgehead atoms. The number of hydrogen-bond acceptors (Lipinski definition) is 5. The third-order valence-corrected chi connectivity index (χ3v) is 4.93. The van der Waals surface area contributed by atoms with Gasteiger partial charge in [-0.25, -0.2) is 9.50 Å². The number of nitrogens with zero attached hydrogens (tertiary/aromatic N) is 5. The van der Waals surface area contributed by atoms with Crippen molar-refractivity contribution in [3.8, 4) is 11.1 Å². The van der Waals surface area contributed by atoms with E-state index in [9.17, 15) is 4.79 Å². The monoisotopic (exact) mass is 359 g/mol. The van der Waals surface area contributed by atoms with Crippen molar-refractivity contribution in [3.63, 3.8) is 0 Å². The van der Waals surface area contributed by atoms with E-state index in [1.165, 1.54) is 6.26 Å². The fourth-order valence-corrected chi connectivity index (χ4v) is 3.50. The van der Waals surface area contributed by atoms with Crippen molar-refractivity contribution >= 4 is 11.6 Å². The van der Waals surface area contributed by atoms with Gasteiger partial charge in [0.1, 0.15) is 0 Å². The molecule has 0 N–H and O–H groups in total. The van der Waals surface area contributed by atoms with E-state index in [1.807, 2.05) is 35.0 Å². The van der Waals surface area contributed by atoms with Crippen LogP contribution in [0.4, 0.5) is 0 Å². The maximum absolute atomic E-state index is 12.4. The average Bonchev–Trinajstić information content (AvgIpc) is 3.47. The van der Waals surface area contributed by atoms with Gasteiger partial charge in [-0.05, 0) is 48.4 Å². The van der Waals surface area contributed by atoms with Crippen molar-refractivity contribution in [1.29, 1.82) is 0 Å². The van der Waals surface area contributed by atoms with Crippen molar-refractivity contribution in [2.45, 2.75) is 12.3 Å². The van der Waals surface area contributed by atoms with Crippen LogP contribution in [0.5, 0.6) is 0 Å². The van der Waals surface area contributed by atoms with E-state index in [0.29, 0.717) is 18.8 Å². The van der Waals surface area contributed by atoms with Crippen LogP contribution in [0.1, 0.15) is 28.7 Å². The Hall–Kier alpha value is -3.48. The molecular weight excluding hydrogens is 342 g/mol. The van der Waals surface area contributed by atoms with E-state index in [-0.39, 0.29) is 11.8 Å². The Morgan fingerprint density at radius 2 is 2.00 bits per heavy atom. The zero-order valence-electron chi connectivity index (χ0n) is 14.5. The second kappa shape index (κ2) is 6.35. The molecule has 0 aromatic carbocycles. The number of fused-ring (bicyclic) bond motifs is 1. The van der Waals surface area contributed by atoms with Gasteiger partial charge in [-0.1, -0.05) is 0 Å². The van der Waals surface area contributed by atoms with Crippen molar-refractivity contribution in [1.82, 2.24) is 24.5 Å². The van der Waals surface area contributed by atoms with Crippen LogP contribution in [0.15, 0.2) is 65.7 Å². The summed E-state index contributed by atoms with van der Waals surface area (Å²) < 4.78 is 7.03. The summed E-state index contributed by atoms with van der Waals surface area (Å²) in [5, 5.41) is 4.67. The van der Waals surface area contributed by atoms with Crippen LogP contribution < -0.4 is 0 Å². The molecule has 1 saturated heterocycles. The minimum absolute atomic E-state index is 0.0776. The molecule has 7 nitrogen and oxygen atoms in total. The summed E-state index contributed by atoms with van der Waals surface area (Å²) in [5.41, 5.74) is 2.95. The van der Waals surface area contributed by atoms with E-state index in [0.717, 1.165) is 29.0 Å². The first-order valence-electron chi connectivity index (χ1n) is 8.87. The van der Waals surface area contributed by atoms with Gasteiger partial charge < -0.3 is 9.32 Å². The van der Waals surface area contributed by atoms with Crippen LogP contribution in [-0.2, 0) is 0 Å². The zero-order chi connectivity index (χ0) is 18.2. The van der Waals surface area contributed by atoms with Crippen LogP contribution in [-0.4, -0.2) is 43.5 Å². The Morgan fingerprint density at radius 3 is 2.81 bits per heavy atom. The first-order valence-corrected chi connectivity index (χ1v) is 8.87. The number of carbonyl (C=O) groups is 1. The van der Waals surface area contributed by atoms with E-state index in [2.05, 4.69) is 15.1 Å². The fourth-order valence-electron chi connectivity index (χ4n) is 3.50. The number of amides is 1. The molecule has 27 heavy (non-hydrogen) atoms. The number of aromatic nitrogens is 4. The first-order chi connectivity index (χ1) is 13.3. The van der Waals surface area contributed by atoms with Gasteiger partial charge in [0.25, 0.3) is 5.91 Å².